The summed E-state index contributed by atoms with van der Waals surface area (Å²) in [6, 6.07) is 13.5. The molecule has 9 heteroatoms. The van der Waals surface area contributed by atoms with E-state index in [9.17, 15) is 19.3 Å². The van der Waals surface area contributed by atoms with Gasteiger partial charge in [-0.2, -0.15) is 0 Å². The zero-order valence-corrected chi connectivity index (χ0v) is 16.4. The summed E-state index contributed by atoms with van der Waals surface area (Å²) >= 11 is 1.13. The molecular formula is C21H14FN3O4S. The average molecular weight is 423 g/mol. The van der Waals surface area contributed by atoms with Gasteiger partial charge >= 0.3 is 0 Å². The first-order chi connectivity index (χ1) is 14.4. The van der Waals surface area contributed by atoms with Crippen molar-refractivity contribution in [2.45, 2.75) is 6.92 Å². The summed E-state index contributed by atoms with van der Waals surface area (Å²) < 4.78 is 18.8. The number of non-ortho nitro benzene ring substituents is 1. The van der Waals surface area contributed by atoms with Gasteiger partial charge in [0.1, 0.15) is 17.3 Å². The van der Waals surface area contributed by atoms with Crippen molar-refractivity contribution in [2.24, 2.45) is 4.99 Å². The Hall–Kier alpha value is -3.72. The van der Waals surface area contributed by atoms with Crippen molar-refractivity contribution >= 4 is 40.3 Å². The molecule has 3 aromatic rings. The molecule has 2 heterocycles. The molecule has 30 heavy (non-hydrogen) atoms. The van der Waals surface area contributed by atoms with Crippen LogP contribution >= 0.6 is 11.8 Å². The molecule has 150 valence electrons. The molecule has 0 spiro atoms. The Kier molecular flexibility index (Phi) is 5.20. The van der Waals surface area contributed by atoms with E-state index in [0.717, 1.165) is 17.3 Å². The number of nitrogens with one attached hydrogen (secondary N) is 1. The number of carbonyl (C=O) groups excluding carboxylic acids is 1. The van der Waals surface area contributed by atoms with Crippen LogP contribution in [-0.2, 0) is 4.79 Å². The highest BCUT2D eigenvalue weighted by molar-refractivity contribution is 8.18. The normalized spacial score (nSPS) is 16.3. The van der Waals surface area contributed by atoms with E-state index in [-0.39, 0.29) is 17.4 Å². The van der Waals surface area contributed by atoms with Gasteiger partial charge in [0.2, 0.25) is 0 Å². The molecule has 1 aliphatic heterocycles. The van der Waals surface area contributed by atoms with Crippen LogP contribution in [0.25, 0.3) is 17.4 Å². The van der Waals surface area contributed by atoms with Crippen LogP contribution in [0, 0.1) is 22.9 Å². The molecule has 1 aliphatic rings. The predicted octanol–water partition coefficient (Wildman–Crippen LogP) is 5.19. The number of nitrogens with zero attached hydrogens (tertiary/aromatic N) is 2. The molecule has 1 fully saturated rings. The Bertz CT molecular complexity index is 1220. The highest BCUT2D eigenvalue weighted by Crippen LogP contribution is 2.32. The number of furan rings is 1. The van der Waals surface area contributed by atoms with Gasteiger partial charge in [-0.1, -0.05) is 6.07 Å². The third kappa shape index (κ3) is 4.15. The first-order valence-corrected chi connectivity index (χ1v) is 9.61. The van der Waals surface area contributed by atoms with Gasteiger partial charge < -0.3 is 9.73 Å². The van der Waals surface area contributed by atoms with E-state index in [1.807, 2.05) is 6.92 Å². The summed E-state index contributed by atoms with van der Waals surface area (Å²) in [7, 11) is 0. The minimum atomic E-state index is -0.462. The first kappa shape index (κ1) is 19.6. The molecule has 1 amide bonds. The summed E-state index contributed by atoms with van der Waals surface area (Å²) in [6.45, 7) is 1.83. The second-order valence-electron chi connectivity index (χ2n) is 6.42. The number of benzene rings is 2. The number of nitro groups is 1. The lowest BCUT2D eigenvalue weighted by Crippen LogP contribution is -2.19. The Morgan fingerprint density at radius 3 is 2.67 bits per heavy atom. The summed E-state index contributed by atoms with van der Waals surface area (Å²) in [5.74, 6) is 0.198. The van der Waals surface area contributed by atoms with E-state index < -0.39 is 4.92 Å². The molecule has 0 atom stereocenters. The van der Waals surface area contributed by atoms with Crippen LogP contribution < -0.4 is 5.32 Å². The molecule has 2 aromatic carbocycles. The van der Waals surface area contributed by atoms with E-state index in [1.165, 1.54) is 36.4 Å². The van der Waals surface area contributed by atoms with E-state index in [4.69, 9.17) is 4.42 Å². The lowest BCUT2D eigenvalue weighted by molar-refractivity contribution is -0.384. The zero-order valence-electron chi connectivity index (χ0n) is 15.6. The summed E-state index contributed by atoms with van der Waals surface area (Å²) in [4.78, 5) is 27.5. The van der Waals surface area contributed by atoms with E-state index in [0.29, 0.717) is 32.8 Å². The Morgan fingerprint density at radius 2 is 1.93 bits per heavy atom. The van der Waals surface area contributed by atoms with Crippen molar-refractivity contribution in [3.8, 4) is 11.3 Å². The van der Waals surface area contributed by atoms with Gasteiger partial charge in [0, 0.05) is 23.8 Å². The number of hydrogen-bond acceptors (Lipinski definition) is 6. The fraction of sp³-hybridized carbons (Fsp3) is 0.0476. The molecule has 0 bridgehead atoms. The minimum absolute atomic E-state index is 0.0284. The third-order valence-electron chi connectivity index (χ3n) is 4.31. The number of rotatable bonds is 4. The quantitative estimate of drug-likeness (QED) is 0.354. The fourth-order valence-electron chi connectivity index (χ4n) is 2.81. The number of thioether (sulfide) groups is 1. The van der Waals surface area contributed by atoms with Crippen LogP contribution in [-0.4, -0.2) is 16.0 Å². The molecule has 0 unspecified atom stereocenters. The van der Waals surface area contributed by atoms with Crippen LogP contribution in [0.1, 0.15) is 11.3 Å². The monoisotopic (exact) mass is 423 g/mol. The predicted molar refractivity (Wildman–Crippen MR) is 113 cm³/mol. The van der Waals surface area contributed by atoms with Crippen molar-refractivity contribution in [1.82, 2.24) is 5.32 Å². The van der Waals surface area contributed by atoms with Gasteiger partial charge in [-0.25, -0.2) is 9.38 Å². The zero-order chi connectivity index (χ0) is 21.3. The van der Waals surface area contributed by atoms with Crippen molar-refractivity contribution in [2.75, 3.05) is 0 Å². The Morgan fingerprint density at radius 1 is 1.17 bits per heavy atom. The fourth-order valence-corrected chi connectivity index (χ4v) is 3.63. The van der Waals surface area contributed by atoms with Gasteiger partial charge in [-0.15, -0.1) is 0 Å². The summed E-state index contributed by atoms with van der Waals surface area (Å²) in [5.41, 5.74) is 1.92. The van der Waals surface area contributed by atoms with Crippen LogP contribution in [0.5, 0.6) is 0 Å². The lowest BCUT2D eigenvalue weighted by Gasteiger charge is -2.02. The number of aryl methyl sites for hydroxylation is 1. The van der Waals surface area contributed by atoms with Crippen LogP contribution in [0.2, 0.25) is 0 Å². The minimum Gasteiger partial charge on any atom is -0.457 e. The number of nitro benzene ring substituents is 1. The van der Waals surface area contributed by atoms with E-state index >= 15 is 0 Å². The number of carbonyl (C=O) groups is 1. The maximum Gasteiger partial charge on any atom is 0.270 e. The van der Waals surface area contributed by atoms with Crippen molar-refractivity contribution in [1.29, 1.82) is 0 Å². The molecule has 1 aromatic heterocycles. The third-order valence-corrected chi connectivity index (χ3v) is 5.22. The van der Waals surface area contributed by atoms with Gasteiger partial charge in [0.25, 0.3) is 11.6 Å². The van der Waals surface area contributed by atoms with Crippen LogP contribution in [0.15, 0.2) is 68.9 Å². The maximum atomic E-state index is 13.0. The highest BCUT2D eigenvalue weighted by Gasteiger charge is 2.24. The number of halogens is 1. The number of amidine groups is 1. The summed E-state index contributed by atoms with van der Waals surface area (Å²) in [5, 5.41) is 14.1. The van der Waals surface area contributed by atoms with Gasteiger partial charge in [0.15, 0.2) is 5.17 Å². The number of hydrogen-bond donors (Lipinski definition) is 1. The van der Waals surface area contributed by atoms with Crippen LogP contribution in [0.4, 0.5) is 15.8 Å². The van der Waals surface area contributed by atoms with Gasteiger partial charge in [-0.05, 0) is 60.6 Å². The molecule has 0 radical (unpaired) electrons. The molecule has 1 saturated heterocycles. The van der Waals surface area contributed by atoms with Crippen molar-refractivity contribution < 1.29 is 18.5 Å². The van der Waals surface area contributed by atoms with Gasteiger partial charge in [0.05, 0.1) is 15.5 Å². The topological polar surface area (TPSA) is 97.7 Å². The van der Waals surface area contributed by atoms with Crippen molar-refractivity contribution in [3.63, 3.8) is 0 Å². The molecule has 0 aliphatic carbocycles. The number of amides is 1. The van der Waals surface area contributed by atoms with Crippen LogP contribution in [0.3, 0.4) is 0 Å². The Labute approximate surface area is 174 Å². The SMILES string of the molecule is Cc1ccc([N+](=O)[O-])cc1-c1ccc(/C=C2/SC(=Nc3ccc(F)cc3)NC2=O)o1. The first-order valence-electron chi connectivity index (χ1n) is 8.79. The van der Waals surface area contributed by atoms with Gasteiger partial charge in [-0.3, -0.25) is 14.9 Å². The maximum absolute atomic E-state index is 13.0. The average Bonchev–Trinajstić information content (AvgIpc) is 3.31. The molecule has 1 N–H and O–H groups in total. The molecule has 0 saturated carbocycles. The second-order valence-corrected chi connectivity index (χ2v) is 7.45. The highest BCUT2D eigenvalue weighted by atomic mass is 32.2. The van der Waals surface area contributed by atoms with E-state index in [1.54, 1.807) is 24.3 Å². The summed E-state index contributed by atoms with van der Waals surface area (Å²) in [6.07, 6.45) is 1.57. The molecule has 4 rings (SSSR count). The van der Waals surface area contributed by atoms with E-state index in [2.05, 4.69) is 10.3 Å². The lowest BCUT2D eigenvalue weighted by atomic mass is 10.1. The standard InChI is InChI=1S/C21H14FN3O4S/c1-12-2-7-15(25(27)28)10-17(12)18-9-8-16(29-18)11-19-20(26)24-21(30-19)23-14-5-3-13(22)4-6-14/h2-11H,1H3,(H,23,24,26)/b19-11+. The van der Waals surface area contributed by atoms with Crippen molar-refractivity contribution in [3.05, 3.63) is 86.8 Å². The smallest absolute Gasteiger partial charge is 0.270 e. The molecular weight excluding hydrogens is 409 g/mol. The Balaban J connectivity index is 1.57. The largest absolute Gasteiger partial charge is 0.457 e. The number of aliphatic imine (C=N–C) groups is 1. The molecule has 7 nitrogen and oxygen atoms in total. The second kappa shape index (κ2) is 7.96.